The Morgan fingerprint density at radius 3 is 2.38 bits per heavy atom. The van der Waals surface area contributed by atoms with E-state index in [0.29, 0.717) is 29.1 Å². The highest BCUT2D eigenvalue weighted by Gasteiger charge is 2.22. The average Bonchev–Trinajstić information content (AvgIpc) is 2.57. The van der Waals surface area contributed by atoms with E-state index in [-0.39, 0.29) is 18.0 Å². The van der Waals surface area contributed by atoms with Crippen LogP contribution in [0.5, 0.6) is 17.2 Å². The maximum atomic E-state index is 12.4. The number of fused-ring (bicyclic) bond motifs is 1. The normalized spacial score (nSPS) is 11.7. The molecule has 0 saturated carbocycles. The van der Waals surface area contributed by atoms with Crippen molar-refractivity contribution in [1.82, 2.24) is 0 Å². The molecule has 1 aromatic carbocycles. The number of ether oxygens (including phenoxy) is 3. The van der Waals surface area contributed by atoms with Gasteiger partial charge in [-0.25, -0.2) is 4.79 Å². The van der Waals surface area contributed by atoms with Gasteiger partial charge < -0.3 is 18.6 Å². The van der Waals surface area contributed by atoms with Gasteiger partial charge >= 0.3 is 5.63 Å². The molecule has 0 aliphatic heterocycles. The summed E-state index contributed by atoms with van der Waals surface area (Å²) < 4.78 is 23.0. The molecular formula is C21H28O5. The molecule has 0 saturated heterocycles. The molecule has 5 nitrogen and oxygen atoms in total. The van der Waals surface area contributed by atoms with Gasteiger partial charge in [-0.1, -0.05) is 25.1 Å². The lowest BCUT2D eigenvalue weighted by molar-refractivity contribution is 0.192. The van der Waals surface area contributed by atoms with Crippen molar-refractivity contribution in [3.63, 3.8) is 0 Å². The van der Waals surface area contributed by atoms with Crippen molar-refractivity contribution in [3.8, 4) is 17.2 Å². The number of allylic oxidation sites excluding steroid dienone is 1. The van der Waals surface area contributed by atoms with Gasteiger partial charge in [0.05, 0.1) is 18.8 Å². The molecule has 0 amide bonds. The van der Waals surface area contributed by atoms with E-state index < -0.39 is 5.63 Å². The summed E-state index contributed by atoms with van der Waals surface area (Å²) in [6, 6.07) is 5.37. The fraction of sp³-hybridized carbons (Fsp3) is 0.476. The van der Waals surface area contributed by atoms with Crippen molar-refractivity contribution >= 4 is 11.0 Å². The molecule has 0 aliphatic carbocycles. The van der Waals surface area contributed by atoms with Crippen molar-refractivity contribution in [2.24, 2.45) is 0 Å². The van der Waals surface area contributed by atoms with E-state index in [2.05, 4.69) is 19.1 Å². The zero-order valence-electron chi connectivity index (χ0n) is 16.2. The van der Waals surface area contributed by atoms with Crippen LogP contribution in [-0.2, 0) is 0 Å². The molecule has 1 aromatic heterocycles. The molecule has 142 valence electrons. The average molecular weight is 360 g/mol. The summed E-state index contributed by atoms with van der Waals surface area (Å²) in [4.78, 5) is 12.4. The Labute approximate surface area is 154 Å². The molecule has 5 heteroatoms. The van der Waals surface area contributed by atoms with Crippen molar-refractivity contribution in [2.75, 3.05) is 6.61 Å². The Kier molecular flexibility index (Phi) is 7.13. The largest absolute Gasteiger partial charge is 0.492 e. The smallest absolute Gasteiger partial charge is 0.383 e. The van der Waals surface area contributed by atoms with E-state index in [1.165, 1.54) is 0 Å². The van der Waals surface area contributed by atoms with Crippen LogP contribution in [0.25, 0.3) is 11.0 Å². The summed E-state index contributed by atoms with van der Waals surface area (Å²) >= 11 is 0. The van der Waals surface area contributed by atoms with Crippen LogP contribution in [0.15, 0.2) is 39.6 Å². The highest BCUT2D eigenvalue weighted by Crippen LogP contribution is 2.39. The van der Waals surface area contributed by atoms with Crippen molar-refractivity contribution in [3.05, 3.63) is 40.8 Å². The van der Waals surface area contributed by atoms with Gasteiger partial charge in [-0.3, -0.25) is 0 Å². The quantitative estimate of drug-likeness (QED) is 0.354. The van der Waals surface area contributed by atoms with E-state index in [9.17, 15) is 4.79 Å². The van der Waals surface area contributed by atoms with Gasteiger partial charge in [0.15, 0.2) is 5.75 Å². The van der Waals surface area contributed by atoms with Crippen LogP contribution in [0.3, 0.4) is 0 Å². The minimum absolute atomic E-state index is 0.0862. The van der Waals surface area contributed by atoms with Crippen molar-refractivity contribution in [2.45, 2.75) is 59.7 Å². The Balaban J connectivity index is 2.52. The van der Waals surface area contributed by atoms with Crippen LogP contribution in [0.1, 0.15) is 47.5 Å². The molecule has 26 heavy (non-hydrogen) atoms. The zero-order chi connectivity index (χ0) is 19.1. The monoisotopic (exact) mass is 360 g/mol. The first-order valence-electron chi connectivity index (χ1n) is 9.15. The Morgan fingerprint density at radius 2 is 1.73 bits per heavy atom. The van der Waals surface area contributed by atoms with E-state index in [0.717, 1.165) is 12.8 Å². The molecule has 0 radical (unpaired) electrons. The van der Waals surface area contributed by atoms with Gasteiger partial charge in [0.2, 0.25) is 5.75 Å². The SMILES string of the molecule is CCC=CCCOc1cccc2oc(=O)c(OC(C)C)c(OC(C)C)c12. The van der Waals surface area contributed by atoms with Gasteiger partial charge in [-0.15, -0.1) is 0 Å². The molecular weight excluding hydrogens is 332 g/mol. The third-order valence-electron chi connectivity index (χ3n) is 3.46. The van der Waals surface area contributed by atoms with Crippen molar-refractivity contribution in [1.29, 1.82) is 0 Å². The Morgan fingerprint density at radius 1 is 1.04 bits per heavy atom. The summed E-state index contributed by atoms with van der Waals surface area (Å²) in [5, 5.41) is 0.621. The number of hydrogen-bond donors (Lipinski definition) is 0. The summed E-state index contributed by atoms with van der Waals surface area (Å²) in [7, 11) is 0. The number of rotatable bonds is 9. The fourth-order valence-corrected chi connectivity index (χ4v) is 2.50. The van der Waals surface area contributed by atoms with Gasteiger partial charge in [0.1, 0.15) is 16.7 Å². The molecule has 0 atom stereocenters. The standard InChI is InChI=1S/C21H28O5/c1-6-7-8-9-13-23-16-11-10-12-17-18(16)19(24-14(2)3)20(21(22)26-17)25-15(4)5/h7-8,10-12,14-15H,6,9,13H2,1-5H3. The van der Waals surface area contributed by atoms with Crippen LogP contribution < -0.4 is 19.8 Å². The zero-order valence-corrected chi connectivity index (χ0v) is 16.2. The third-order valence-corrected chi connectivity index (χ3v) is 3.46. The first-order valence-corrected chi connectivity index (χ1v) is 9.15. The van der Waals surface area contributed by atoms with Crippen LogP contribution in [0, 0.1) is 0 Å². The summed E-state index contributed by atoms with van der Waals surface area (Å²) in [5.41, 5.74) is -0.131. The van der Waals surface area contributed by atoms with Gasteiger partial charge in [-0.2, -0.15) is 0 Å². The van der Waals surface area contributed by atoms with Crippen LogP contribution in [0.4, 0.5) is 0 Å². The highest BCUT2D eigenvalue weighted by molar-refractivity contribution is 5.91. The predicted octanol–water partition coefficient (Wildman–Crippen LogP) is 5.10. The molecule has 2 rings (SSSR count). The van der Waals surface area contributed by atoms with E-state index in [1.54, 1.807) is 12.1 Å². The molecule has 0 spiro atoms. The van der Waals surface area contributed by atoms with Crippen LogP contribution in [0.2, 0.25) is 0 Å². The van der Waals surface area contributed by atoms with Crippen molar-refractivity contribution < 1.29 is 18.6 Å². The first kappa shape index (κ1) is 19.9. The molecule has 0 aliphatic rings. The van der Waals surface area contributed by atoms with Gasteiger partial charge in [0, 0.05) is 0 Å². The maximum absolute atomic E-state index is 12.4. The Hall–Kier alpha value is -2.43. The third kappa shape index (κ3) is 5.04. The van der Waals surface area contributed by atoms with E-state index in [1.807, 2.05) is 33.8 Å². The summed E-state index contributed by atoms with van der Waals surface area (Å²) in [5.74, 6) is 1.07. The van der Waals surface area contributed by atoms with Gasteiger partial charge in [0.25, 0.3) is 0 Å². The number of benzene rings is 1. The summed E-state index contributed by atoms with van der Waals surface area (Å²) in [6.07, 6.45) is 5.68. The lowest BCUT2D eigenvalue weighted by Gasteiger charge is -2.19. The molecule has 2 aromatic rings. The second-order valence-corrected chi connectivity index (χ2v) is 6.53. The molecule has 0 N–H and O–H groups in total. The summed E-state index contributed by atoms with van der Waals surface area (Å²) in [6.45, 7) is 10.1. The second kappa shape index (κ2) is 9.32. The Bertz CT molecular complexity index is 802. The van der Waals surface area contributed by atoms with E-state index >= 15 is 0 Å². The number of hydrogen-bond acceptors (Lipinski definition) is 5. The van der Waals surface area contributed by atoms with Crippen LogP contribution >= 0.6 is 0 Å². The fourth-order valence-electron chi connectivity index (χ4n) is 2.50. The molecule has 0 fully saturated rings. The molecule has 1 heterocycles. The van der Waals surface area contributed by atoms with Crippen LogP contribution in [-0.4, -0.2) is 18.8 Å². The maximum Gasteiger partial charge on any atom is 0.383 e. The van der Waals surface area contributed by atoms with Gasteiger partial charge in [-0.05, 0) is 52.7 Å². The predicted molar refractivity (Wildman–Crippen MR) is 104 cm³/mol. The highest BCUT2D eigenvalue weighted by atomic mass is 16.5. The van der Waals surface area contributed by atoms with E-state index in [4.69, 9.17) is 18.6 Å². The first-order chi connectivity index (χ1) is 12.4. The topological polar surface area (TPSA) is 57.9 Å². The lowest BCUT2D eigenvalue weighted by Crippen LogP contribution is -2.17. The molecule has 0 unspecified atom stereocenters. The minimum Gasteiger partial charge on any atom is -0.492 e. The molecule has 0 bridgehead atoms. The minimum atomic E-state index is -0.551. The lowest BCUT2D eigenvalue weighted by atomic mass is 10.2. The second-order valence-electron chi connectivity index (χ2n) is 6.53.